The summed E-state index contributed by atoms with van der Waals surface area (Å²) >= 11 is 1.59. The number of likely N-dealkylation sites (N-methyl/N-ethyl adjacent to an activating group) is 1. The predicted octanol–water partition coefficient (Wildman–Crippen LogP) is 2.22. The highest BCUT2D eigenvalue weighted by Crippen LogP contribution is 2.31. The molecule has 1 heterocycles. The lowest BCUT2D eigenvalue weighted by molar-refractivity contribution is -0.0000135. The minimum Gasteiger partial charge on any atom is -1.00 e. The molecule has 6 heteroatoms. The van der Waals surface area contributed by atoms with Gasteiger partial charge in [0.2, 0.25) is 0 Å². The molecule has 4 aromatic rings. The molecule has 0 aliphatic carbocycles. The van der Waals surface area contributed by atoms with Gasteiger partial charge in [0.15, 0.2) is 5.13 Å². The number of carbonyl (C=O) groups is 1. The maximum absolute atomic E-state index is 13.5. The Balaban J connectivity index is 0.00000256. The Morgan fingerprint density at radius 1 is 0.967 bits per heavy atom. The van der Waals surface area contributed by atoms with E-state index >= 15 is 0 Å². The van der Waals surface area contributed by atoms with Crippen LogP contribution in [0.3, 0.4) is 0 Å². The monoisotopic (exact) mass is 438 g/mol. The quantitative estimate of drug-likeness (QED) is 0.463. The maximum atomic E-state index is 13.5. The van der Waals surface area contributed by atoms with Crippen molar-refractivity contribution in [2.75, 3.05) is 32.1 Å². The number of anilines is 1. The molecular formula is C24H25ClN3OS-. The molecule has 0 aliphatic rings. The lowest BCUT2D eigenvalue weighted by Crippen LogP contribution is -3.00. The number of benzene rings is 3. The molecule has 0 atom stereocenters. The van der Waals surface area contributed by atoms with E-state index in [4.69, 9.17) is 4.98 Å². The Morgan fingerprint density at radius 3 is 2.47 bits per heavy atom. The second-order valence-electron chi connectivity index (χ2n) is 7.47. The fourth-order valence-corrected chi connectivity index (χ4v) is 4.41. The minimum absolute atomic E-state index is 0. The van der Waals surface area contributed by atoms with E-state index in [-0.39, 0.29) is 18.3 Å². The maximum Gasteiger partial charge on any atom is 0.260 e. The van der Waals surface area contributed by atoms with Crippen molar-refractivity contribution in [3.05, 3.63) is 71.8 Å². The zero-order valence-corrected chi connectivity index (χ0v) is 19.0. The fraction of sp³-hybridized carbons (Fsp3) is 0.250. The van der Waals surface area contributed by atoms with Gasteiger partial charge in [-0.2, -0.15) is 0 Å². The number of hydrogen-bond acceptors (Lipinski definition) is 4. The number of rotatable bonds is 6. The van der Waals surface area contributed by atoms with Gasteiger partial charge >= 0.3 is 0 Å². The number of thiazole rings is 1. The second kappa shape index (κ2) is 9.56. The normalized spacial score (nSPS) is 11.1. The van der Waals surface area contributed by atoms with E-state index in [2.05, 4.69) is 36.1 Å². The van der Waals surface area contributed by atoms with Crippen LogP contribution in [0.2, 0.25) is 0 Å². The van der Waals surface area contributed by atoms with Crippen molar-refractivity contribution >= 4 is 43.4 Å². The fourth-order valence-electron chi connectivity index (χ4n) is 3.35. The number of aromatic nitrogens is 1. The molecule has 0 aliphatic heterocycles. The van der Waals surface area contributed by atoms with Gasteiger partial charge in [0, 0.05) is 18.7 Å². The van der Waals surface area contributed by atoms with Crippen LogP contribution in [0.15, 0.2) is 60.7 Å². The van der Waals surface area contributed by atoms with Gasteiger partial charge in [-0.15, -0.1) is 0 Å². The molecule has 0 fully saturated rings. The molecule has 0 radical (unpaired) electrons. The molecule has 3 aromatic carbocycles. The van der Waals surface area contributed by atoms with Gasteiger partial charge in [-0.05, 0) is 61.1 Å². The zero-order valence-electron chi connectivity index (χ0n) is 17.4. The number of carbonyl (C=O) groups excluding carboxylic acids is 1. The Morgan fingerprint density at radius 2 is 1.73 bits per heavy atom. The van der Waals surface area contributed by atoms with Crippen molar-refractivity contribution in [3.8, 4) is 0 Å². The molecule has 30 heavy (non-hydrogen) atoms. The Bertz CT molecular complexity index is 1170. The average molecular weight is 439 g/mol. The average Bonchev–Trinajstić information content (AvgIpc) is 3.15. The third kappa shape index (κ3) is 4.64. The SMILES string of the molecule is CCc1ccc2nc(N(CCN(C)C)C(=O)c3ccc4ccccc4c3)sc2c1.[Cl-]. The topological polar surface area (TPSA) is 36.4 Å². The number of hydrogen-bond donors (Lipinski definition) is 0. The van der Waals surface area contributed by atoms with E-state index < -0.39 is 0 Å². The van der Waals surface area contributed by atoms with Crippen molar-refractivity contribution in [1.82, 2.24) is 9.88 Å². The van der Waals surface area contributed by atoms with Crippen LogP contribution >= 0.6 is 11.3 Å². The van der Waals surface area contributed by atoms with Crippen molar-refractivity contribution in [2.45, 2.75) is 13.3 Å². The highest BCUT2D eigenvalue weighted by atomic mass is 35.5. The summed E-state index contributed by atoms with van der Waals surface area (Å²) in [5, 5.41) is 2.96. The lowest BCUT2D eigenvalue weighted by Gasteiger charge is -2.22. The summed E-state index contributed by atoms with van der Waals surface area (Å²) in [5.41, 5.74) is 2.92. The molecule has 1 amide bonds. The first kappa shape index (κ1) is 22.2. The summed E-state index contributed by atoms with van der Waals surface area (Å²) in [6, 6.07) is 20.4. The summed E-state index contributed by atoms with van der Waals surface area (Å²) in [6.07, 6.45) is 0.990. The number of fused-ring (bicyclic) bond motifs is 2. The van der Waals surface area contributed by atoms with Gasteiger partial charge in [0.05, 0.1) is 10.2 Å². The molecule has 4 nitrogen and oxygen atoms in total. The van der Waals surface area contributed by atoms with Crippen LogP contribution in [0.5, 0.6) is 0 Å². The first-order valence-corrected chi connectivity index (χ1v) is 10.7. The minimum atomic E-state index is -0.00706. The Labute approximate surface area is 187 Å². The van der Waals surface area contributed by atoms with Gasteiger partial charge in [0.1, 0.15) is 0 Å². The third-order valence-corrected chi connectivity index (χ3v) is 6.13. The number of amides is 1. The van der Waals surface area contributed by atoms with E-state index in [0.717, 1.165) is 39.1 Å². The van der Waals surface area contributed by atoms with Gasteiger partial charge in [-0.1, -0.05) is 54.7 Å². The highest BCUT2D eigenvalue weighted by molar-refractivity contribution is 7.22. The van der Waals surface area contributed by atoms with E-state index in [0.29, 0.717) is 12.1 Å². The zero-order chi connectivity index (χ0) is 20.4. The highest BCUT2D eigenvalue weighted by Gasteiger charge is 2.21. The van der Waals surface area contributed by atoms with Crippen LogP contribution in [-0.4, -0.2) is 43.0 Å². The molecule has 0 saturated carbocycles. The molecule has 1 aromatic heterocycles. The van der Waals surface area contributed by atoms with Crippen molar-refractivity contribution in [2.24, 2.45) is 0 Å². The van der Waals surface area contributed by atoms with E-state index in [1.807, 2.05) is 55.4 Å². The van der Waals surface area contributed by atoms with E-state index in [9.17, 15) is 4.79 Å². The predicted molar refractivity (Wildman–Crippen MR) is 123 cm³/mol. The molecule has 0 N–H and O–H groups in total. The first-order valence-electron chi connectivity index (χ1n) is 9.90. The largest absolute Gasteiger partial charge is 1.00 e. The van der Waals surface area contributed by atoms with E-state index in [1.165, 1.54) is 5.56 Å². The first-order chi connectivity index (χ1) is 14.0. The Kier molecular flexibility index (Phi) is 7.08. The molecule has 156 valence electrons. The Hall–Kier alpha value is -2.47. The van der Waals surface area contributed by atoms with Crippen LogP contribution in [0.1, 0.15) is 22.8 Å². The summed E-state index contributed by atoms with van der Waals surface area (Å²) in [5.74, 6) is -0.00706. The van der Waals surface area contributed by atoms with Gasteiger partial charge in [-0.25, -0.2) is 4.98 Å². The van der Waals surface area contributed by atoms with Crippen LogP contribution < -0.4 is 17.3 Å². The standard InChI is InChI=1S/C24H25N3OS.ClH/c1-4-17-9-12-21-22(15-17)29-24(25-21)27(14-13-26(2)3)23(28)20-11-10-18-7-5-6-8-19(18)16-20;/h5-12,15-16H,4,13-14H2,1-3H3;1H/p-1. The molecule has 0 saturated heterocycles. The van der Waals surface area contributed by atoms with Crippen LogP contribution in [0, 0.1) is 0 Å². The van der Waals surface area contributed by atoms with Crippen LogP contribution in [-0.2, 0) is 6.42 Å². The van der Waals surface area contributed by atoms with Gasteiger partial charge in [-0.3, -0.25) is 9.69 Å². The number of nitrogens with zero attached hydrogens (tertiary/aromatic N) is 3. The lowest BCUT2D eigenvalue weighted by atomic mass is 10.1. The summed E-state index contributed by atoms with van der Waals surface area (Å²) in [7, 11) is 4.04. The molecule has 4 rings (SSSR count). The second-order valence-corrected chi connectivity index (χ2v) is 8.48. The number of aryl methyl sites for hydroxylation is 1. The van der Waals surface area contributed by atoms with Crippen molar-refractivity contribution in [3.63, 3.8) is 0 Å². The molecule has 0 spiro atoms. The molecule has 0 bridgehead atoms. The molecular weight excluding hydrogens is 414 g/mol. The summed E-state index contributed by atoms with van der Waals surface area (Å²) in [4.78, 5) is 22.2. The van der Waals surface area contributed by atoms with Crippen molar-refractivity contribution in [1.29, 1.82) is 0 Å². The van der Waals surface area contributed by atoms with Crippen LogP contribution in [0.25, 0.3) is 21.0 Å². The number of halogens is 1. The summed E-state index contributed by atoms with van der Waals surface area (Å²) < 4.78 is 1.13. The van der Waals surface area contributed by atoms with Crippen LogP contribution in [0.4, 0.5) is 5.13 Å². The van der Waals surface area contributed by atoms with E-state index in [1.54, 1.807) is 11.3 Å². The summed E-state index contributed by atoms with van der Waals surface area (Å²) in [6.45, 7) is 3.52. The third-order valence-electron chi connectivity index (χ3n) is 5.09. The van der Waals surface area contributed by atoms with Gasteiger partial charge < -0.3 is 17.3 Å². The molecule has 0 unspecified atom stereocenters. The van der Waals surface area contributed by atoms with Gasteiger partial charge in [0.25, 0.3) is 5.91 Å². The van der Waals surface area contributed by atoms with Crippen molar-refractivity contribution < 1.29 is 17.2 Å². The smallest absolute Gasteiger partial charge is 0.260 e.